The lowest BCUT2D eigenvalue weighted by atomic mass is 10.2. The fourth-order valence-electron chi connectivity index (χ4n) is 0.909. The third-order valence-electron chi connectivity index (χ3n) is 1.39. The highest BCUT2D eigenvalue weighted by molar-refractivity contribution is 7.99. The predicted molar refractivity (Wildman–Crippen MR) is 51.2 cm³/mol. The molecular formula is C8H8ClF2NS. The molecule has 0 bridgehead atoms. The molecule has 0 amide bonds. The number of rotatable bonds is 3. The third kappa shape index (κ3) is 3.50. The zero-order valence-corrected chi connectivity index (χ0v) is 8.21. The standard InChI is InChI=1S/C8H8ClF2NS/c9-6-1-5(4-12)2-7(3-6)13-8(10)11/h1-3,8H,4,12H2. The van der Waals surface area contributed by atoms with Crippen LogP contribution in [0.1, 0.15) is 5.56 Å². The minimum Gasteiger partial charge on any atom is -0.326 e. The second-order valence-electron chi connectivity index (χ2n) is 2.38. The van der Waals surface area contributed by atoms with Crippen LogP contribution in [0.15, 0.2) is 23.1 Å². The maximum atomic E-state index is 12.0. The first-order valence-corrected chi connectivity index (χ1v) is 4.82. The molecule has 0 unspecified atom stereocenters. The lowest BCUT2D eigenvalue weighted by Crippen LogP contribution is -1.96. The van der Waals surface area contributed by atoms with Gasteiger partial charge in [0.2, 0.25) is 0 Å². The second kappa shape index (κ2) is 4.79. The van der Waals surface area contributed by atoms with Crippen LogP contribution in [0, 0.1) is 0 Å². The minimum atomic E-state index is -2.43. The first kappa shape index (κ1) is 10.8. The maximum Gasteiger partial charge on any atom is 0.288 e. The molecule has 0 fully saturated rings. The molecule has 0 radical (unpaired) electrons. The average molecular weight is 224 g/mol. The zero-order valence-electron chi connectivity index (χ0n) is 6.64. The number of hydrogen-bond acceptors (Lipinski definition) is 2. The Kier molecular flexibility index (Phi) is 3.96. The number of benzene rings is 1. The predicted octanol–water partition coefficient (Wildman–Crippen LogP) is 3.11. The van der Waals surface area contributed by atoms with E-state index in [2.05, 4.69) is 0 Å². The summed E-state index contributed by atoms with van der Waals surface area (Å²) in [6.45, 7) is 0.303. The van der Waals surface area contributed by atoms with Crippen molar-refractivity contribution in [3.8, 4) is 0 Å². The molecule has 0 aliphatic rings. The van der Waals surface area contributed by atoms with Crippen LogP contribution >= 0.6 is 23.4 Å². The quantitative estimate of drug-likeness (QED) is 0.797. The van der Waals surface area contributed by atoms with Crippen molar-refractivity contribution in [2.24, 2.45) is 5.73 Å². The van der Waals surface area contributed by atoms with E-state index in [1.807, 2.05) is 0 Å². The van der Waals surface area contributed by atoms with Crippen LogP contribution < -0.4 is 5.73 Å². The van der Waals surface area contributed by atoms with Crippen LogP contribution in [-0.4, -0.2) is 5.76 Å². The Morgan fingerprint density at radius 1 is 1.38 bits per heavy atom. The van der Waals surface area contributed by atoms with Gasteiger partial charge >= 0.3 is 0 Å². The van der Waals surface area contributed by atoms with Crippen molar-refractivity contribution < 1.29 is 8.78 Å². The van der Waals surface area contributed by atoms with Gasteiger partial charge in [-0.15, -0.1) is 0 Å². The normalized spacial score (nSPS) is 10.8. The van der Waals surface area contributed by atoms with Gasteiger partial charge in [0.05, 0.1) is 0 Å². The Hall–Kier alpha value is -0.320. The summed E-state index contributed by atoms with van der Waals surface area (Å²) in [5, 5.41) is 0.436. The van der Waals surface area contributed by atoms with Crippen molar-refractivity contribution in [3.05, 3.63) is 28.8 Å². The lowest BCUT2D eigenvalue weighted by Gasteiger charge is -2.03. The molecule has 0 atom stereocenters. The fraction of sp³-hybridized carbons (Fsp3) is 0.250. The summed E-state index contributed by atoms with van der Waals surface area (Å²) in [7, 11) is 0. The molecule has 0 heterocycles. The van der Waals surface area contributed by atoms with E-state index in [4.69, 9.17) is 17.3 Å². The van der Waals surface area contributed by atoms with Gasteiger partial charge in [-0.25, -0.2) is 0 Å². The Morgan fingerprint density at radius 3 is 2.62 bits per heavy atom. The third-order valence-corrected chi connectivity index (χ3v) is 2.30. The summed E-state index contributed by atoms with van der Waals surface area (Å²) in [5.41, 5.74) is 6.12. The first-order chi connectivity index (χ1) is 6.11. The molecule has 0 aromatic heterocycles. The molecule has 0 spiro atoms. The maximum absolute atomic E-state index is 12.0. The number of halogens is 3. The molecule has 0 saturated heterocycles. The molecule has 13 heavy (non-hydrogen) atoms. The smallest absolute Gasteiger partial charge is 0.288 e. The van der Waals surface area contributed by atoms with E-state index in [9.17, 15) is 8.78 Å². The van der Waals surface area contributed by atoms with Crippen LogP contribution in [0.25, 0.3) is 0 Å². The number of nitrogens with two attached hydrogens (primary N) is 1. The van der Waals surface area contributed by atoms with E-state index in [0.29, 0.717) is 28.2 Å². The van der Waals surface area contributed by atoms with Crippen molar-refractivity contribution in [1.29, 1.82) is 0 Å². The van der Waals surface area contributed by atoms with Crippen LogP contribution in [0.2, 0.25) is 5.02 Å². The summed E-state index contributed by atoms with van der Waals surface area (Å²) in [4.78, 5) is 0.447. The molecule has 0 saturated carbocycles. The lowest BCUT2D eigenvalue weighted by molar-refractivity contribution is 0.252. The van der Waals surface area contributed by atoms with Crippen molar-refractivity contribution in [3.63, 3.8) is 0 Å². The van der Waals surface area contributed by atoms with E-state index in [-0.39, 0.29) is 0 Å². The van der Waals surface area contributed by atoms with E-state index >= 15 is 0 Å². The summed E-state index contributed by atoms with van der Waals surface area (Å²) in [6, 6.07) is 4.78. The largest absolute Gasteiger partial charge is 0.326 e. The minimum absolute atomic E-state index is 0.303. The monoisotopic (exact) mass is 223 g/mol. The van der Waals surface area contributed by atoms with E-state index in [0.717, 1.165) is 5.56 Å². The Morgan fingerprint density at radius 2 is 2.08 bits per heavy atom. The highest BCUT2D eigenvalue weighted by atomic mass is 35.5. The van der Waals surface area contributed by atoms with Crippen LogP contribution in [-0.2, 0) is 6.54 Å². The Bertz CT molecular complexity index is 293. The highest BCUT2D eigenvalue weighted by Crippen LogP contribution is 2.28. The Labute approximate surface area is 84.3 Å². The number of hydrogen-bond donors (Lipinski definition) is 1. The summed E-state index contributed by atoms with van der Waals surface area (Å²) in [5.74, 6) is -2.43. The van der Waals surface area contributed by atoms with Gasteiger partial charge in [0.1, 0.15) is 0 Å². The molecule has 1 aromatic carbocycles. The molecule has 0 aliphatic carbocycles. The molecule has 5 heteroatoms. The van der Waals surface area contributed by atoms with Gasteiger partial charge in [0.25, 0.3) is 5.76 Å². The number of alkyl halides is 2. The summed E-state index contributed by atoms with van der Waals surface area (Å²) >= 11 is 6.17. The Balaban J connectivity index is 2.88. The van der Waals surface area contributed by atoms with Crippen molar-refractivity contribution in [2.45, 2.75) is 17.2 Å². The first-order valence-electron chi connectivity index (χ1n) is 3.56. The van der Waals surface area contributed by atoms with Crippen LogP contribution in [0.4, 0.5) is 8.78 Å². The SMILES string of the molecule is NCc1cc(Cl)cc(SC(F)F)c1. The highest BCUT2D eigenvalue weighted by Gasteiger charge is 2.06. The van der Waals surface area contributed by atoms with Crippen LogP contribution in [0.3, 0.4) is 0 Å². The van der Waals surface area contributed by atoms with Crippen molar-refractivity contribution >= 4 is 23.4 Å². The summed E-state index contributed by atoms with van der Waals surface area (Å²) < 4.78 is 24.0. The molecule has 2 N–H and O–H groups in total. The van der Waals surface area contributed by atoms with Gasteiger partial charge in [0, 0.05) is 16.5 Å². The van der Waals surface area contributed by atoms with Gasteiger partial charge in [-0.2, -0.15) is 8.78 Å². The molecule has 1 aromatic rings. The number of thioether (sulfide) groups is 1. The van der Waals surface area contributed by atoms with Crippen molar-refractivity contribution in [2.75, 3.05) is 0 Å². The fourth-order valence-corrected chi connectivity index (χ4v) is 1.85. The van der Waals surface area contributed by atoms with E-state index in [1.54, 1.807) is 12.1 Å². The van der Waals surface area contributed by atoms with E-state index < -0.39 is 5.76 Å². The molecular weight excluding hydrogens is 216 g/mol. The van der Waals surface area contributed by atoms with Crippen LogP contribution in [0.5, 0.6) is 0 Å². The van der Waals surface area contributed by atoms with Crippen molar-refractivity contribution in [1.82, 2.24) is 0 Å². The van der Waals surface area contributed by atoms with Gasteiger partial charge < -0.3 is 5.73 Å². The topological polar surface area (TPSA) is 26.0 Å². The van der Waals surface area contributed by atoms with Gasteiger partial charge in [-0.3, -0.25) is 0 Å². The zero-order chi connectivity index (χ0) is 9.84. The molecule has 72 valence electrons. The van der Waals surface area contributed by atoms with Gasteiger partial charge in [-0.05, 0) is 23.8 Å². The van der Waals surface area contributed by atoms with Gasteiger partial charge in [-0.1, -0.05) is 23.4 Å². The molecule has 1 rings (SSSR count). The molecule has 0 aliphatic heterocycles. The van der Waals surface area contributed by atoms with Gasteiger partial charge in [0.15, 0.2) is 0 Å². The summed E-state index contributed by atoms with van der Waals surface area (Å²) in [6.07, 6.45) is 0. The molecule has 1 nitrogen and oxygen atoms in total. The van der Waals surface area contributed by atoms with E-state index in [1.165, 1.54) is 6.07 Å². The average Bonchev–Trinajstić information content (AvgIpc) is 2.01. The second-order valence-corrected chi connectivity index (χ2v) is 3.88.